The highest BCUT2D eigenvalue weighted by atomic mass is 32.1. The van der Waals surface area contributed by atoms with Gasteiger partial charge in [-0.25, -0.2) is 4.98 Å². The first-order valence-corrected chi connectivity index (χ1v) is 8.83. The molecule has 1 aliphatic rings. The van der Waals surface area contributed by atoms with Crippen LogP contribution in [0.25, 0.3) is 0 Å². The zero-order valence-electron chi connectivity index (χ0n) is 12.3. The Kier molecular flexibility index (Phi) is 4.10. The van der Waals surface area contributed by atoms with E-state index in [1.54, 1.807) is 4.88 Å². The van der Waals surface area contributed by atoms with Gasteiger partial charge < -0.3 is 10.2 Å². The molecule has 3 nitrogen and oxygen atoms in total. The lowest BCUT2D eigenvalue weighted by molar-refractivity contribution is 0.729. The molecule has 0 saturated carbocycles. The van der Waals surface area contributed by atoms with Crippen LogP contribution in [0.15, 0.2) is 11.4 Å². The van der Waals surface area contributed by atoms with E-state index in [0.29, 0.717) is 5.92 Å². The maximum absolute atomic E-state index is 4.92. The molecular weight excluding hydrogens is 286 g/mol. The van der Waals surface area contributed by atoms with Gasteiger partial charge in [-0.1, -0.05) is 13.8 Å². The summed E-state index contributed by atoms with van der Waals surface area (Å²) in [4.78, 5) is 10.3. The van der Waals surface area contributed by atoms with Crippen LogP contribution in [-0.2, 0) is 19.5 Å². The molecule has 3 heterocycles. The smallest absolute Gasteiger partial charge is 0.186 e. The Balaban J connectivity index is 1.86. The molecule has 0 saturated heterocycles. The van der Waals surface area contributed by atoms with E-state index in [0.717, 1.165) is 26.1 Å². The van der Waals surface area contributed by atoms with Gasteiger partial charge in [-0.15, -0.1) is 22.7 Å². The Morgan fingerprint density at radius 1 is 1.45 bits per heavy atom. The minimum Gasteiger partial charge on any atom is -0.343 e. The monoisotopic (exact) mass is 307 g/mol. The molecule has 0 aromatic carbocycles. The Hall–Kier alpha value is -0.910. The van der Waals surface area contributed by atoms with E-state index in [2.05, 4.69) is 35.5 Å². The van der Waals surface area contributed by atoms with E-state index in [1.165, 1.54) is 21.3 Å². The first-order valence-electron chi connectivity index (χ1n) is 7.13. The van der Waals surface area contributed by atoms with Gasteiger partial charge in [0.15, 0.2) is 5.13 Å². The van der Waals surface area contributed by atoms with Crippen LogP contribution < -0.4 is 10.2 Å². The number of thiophene rings is 1. The van der Waals surface area contributed by atoms with Gasteiger partial charge in [-0.05, 0) is 36.4 Å². The summed E-state index contributed by atoms with van der Waals surface area (Å²) in [6.45, 7) is 7.49. The fourth-order valence-electron chi connectivity index (χ4n) is 2.64. The average molecular weight is 307 g/mol. The molecule has 0 aliphatic carbocycles. The second-order valence-corrected chi connectivity index (χ2v) is 7.59. The van der Waals surface area contributed by atoms with Gasteiger partial charge in [-0.2, -0.15) is 0 Å². The molecule has 3 rings (SSSR count). The minimum atomic E-state index is 0.491. The van der Waals surface area contributed by atoms with Gasteiger partial charge in [0.25, 0.3) is 0 Å². The number of rotatable bonds is 4. The highest BCUT2D eigenvalue weighted by molar-refractivity contribution is 7.15. The topological polar surface area (TPSA) is 28.2 Å². The van der Waals surface area contributed by atoms with Gasteiger partial charge >= 0.3 is 0 Å². The highest BCUT2D eigenvalue weighted by Gasteiger charge is 2.22. The molecule has 2 aromatic heterocycles. The molecule has 5 heteroatoms. The van der Waals surface area contributed by atoms with E-state index >= 15 is 0 Å². The summed E-state index contributed by atoms with van der Waals surface area (Å²) in [6.07, 6.45) is 1.16. The number of aromatic nitrogens is 1. The van der Waals surface area contributed by atoms with Crippen LogP contribution in [0, 0.1) is 0 Å². The average Bonchev–Trinajstić information content (AvgIpc) is 3.04. The highest BCUT2D eigenvalue weighted by Crippen LogP contribution is 2.34. The summed E-state index contributed by atoms with van der Waals surface area (Å²) in [5, 5.41) is 6.66. The molecule has 2 aromatic rings. The standard InChI is InChI=1S/C15H21N3S2/c1-10(2)14-13(8-16-3)20-15(17-14)18-6-4-12-11(9-18)5-7-19-12/h5,7,10,16H,4,6,8-9H2,1-3H3. The summed E-state index contributed by atoms with van der Waals surface area (Å²) in [5.74, 6) is 0.491. The molecular formula is C15H21N3S2. The fourth-order valence-corrected chi connectivity index (χ4v) is 4.78. The third-order valence-corrected chi connectivity index (χ3v) is 5.83. The second kappa shape index (κ2) is 5.84. The number of nitrogens with one attached hydrogen (secondary N) is 1. The molecule has 20 heavy (non-hydrogen) atoms. The normalized spacial score (nSPS) is 14.9. The van der Waals surface area contributed by atoms with Crippen LogP contribution in [0.5, 0.6) is 0 Å². The largest absolute Gasteiger partial charge is 0.343 e. The lowest BCUT2D eigenvalue weighted by Gasteiger charge is -2.26. The van der Waals surface area contributed by atoms with Crippen molar-refractivity contribution in [1.82, 2.24) is 10.3 Å². The van der Waals surface area contributed by atoms with Crippen molar-refractivity contribution in [3.63, 3.8) is 0 Å². The zero-order chi connectivity index (χ0) is 14.1. The zero-order valence-corrected chi connectivity index (χ0v) is 13.9. The Labute approximate surface area is 128 Å². The van der Waals surface area contributed by atoms with Gasteiger partial charge in [-0.3, -0.25) is 0 Å². The van der Waals surface area contributed by atoms with Crippen molar-refractivity contribution in [2.45, 2.75) is 39.3 Å². The summed E-state index contributed by atoms with van der Waals surface area (Å²) in [7, 11) is 2.00. The van der Waals surface area contributed by atoms with Gasteiger partial charge in [0, 0.05) is 29.4 Å². The molecule has 0 amide bonds. The predicted octanol–water partition coefficient (Wildman–Crippen LogP) is 3.61. The van der Waals surface area contributed by atoms with E-state index in [-0.39, 0.29) is 0 Å². The molecule has 1 N–H and O–H groups in total. The fraction of sp³-hybridized carbons (Fsp3) is 0.533. The van der Waals surface area contributed by atoms with E-state index in [4.69, 9.17) is 4.98 Å². The summed E-state index contributed by atoms with van der Waals surface area (Å²) >= 11 is 3.74. The molecule has 0 fully saturated rings. The lowest BCUT2D eigenvalue weighted by atomic mass is 10.1. The van der Waals surface area contributed by atoms with Crippen molar-refractivity contribution in [1.29, 1.82) is 0 Å². The quantitative estimate of drug-likeness (QED) is 0.935. The van der Waals surface area contributed by atoms with Crippen LogP contribution >= 0.6 is 22.7 Å². The molecule has 108 valence electrons. The SMILES string of the molecule is CNCc1sc(N2CCc3sccc3C2)nc1C(C)C. The summed E-state index contributed by atoms with van der Waals surface area (Å²) < 4.78 is 0. The Bertz CT molecular complexity index is 586. The number of thiazole rings is 1. The predicted molar refractivity (Wildman–Crippen MR) is 88.0 cm³/mol. The first kappa shape index (κ1) is 14.0. The van der Waals surface area contributed by atoms with Crippen molar-refractivity contribution in [2.75, 3.05) is 18.5 Å². The van der Waals surface area contributed by atoms with Gasteiger partial charge in [0.05, 0.1) is 5.69 Å². The van der Waals surface area contributed by atoms with E-state index in [1.807, 2.05) is 29.7 Å². The van der Waals surface area contributed by atoms with Crippen molar-refractivity contribution in [3.8, 4) is 0 Å². The molecule has 0 bridgehead atoms. The molecule has 0 atom stereocenters. The molecule has 0 radical (unpaired) electrons. The minimum absolute atomic E-state index is 0.491. The molecule has 1 aliphatic heterocycles. The van der Waals surface area contributed by atoms with Gasteiger partial charge in [0.1, 0.15) is 0 Å². The maximum atomic E-state index is 4.92. The van der Waals surface area contributed by atoms with E-state index in [9.17, 15) is 0 Å². The number of anilines is 1. The first-order chi connectivity index (χ1) is 9.69. The number of fused-ring (bicyclic) bond motifs is 1. The van der Waals surface area contributed by atoms with Crippen molar-refractivity contribution >= 4 is 27.8 Å². The van der Waals surface area contributed by atoms with Crippen LogP contribution in [0.2, 0.25) is 0 Å². The lowest BCUT2D eigenvalue weighted by Crippen LogP contribution is -2.29. The Morgan fingerprint density at radius 3 is 3.05 bits per heavy atom. The van der Waals surface area contributed by atoms with Crippen LogP contribution in [0.1, 0.15) is 40.8 Å². The van der Waals surface area contributed by atoms with E-state index < -0.39 is 0 Å². The van der Waals surface area contributed by atoms with Crippen molar-refractivity contribution in [3.05, 3.63) is 32.5 Å². The van der Waals surface area contributed by atoms with Crippen LogP contribution in [0.4, 0.5) is 5.13 Å². The number of hydrogen-bond donors (Lipinski definition) is 1. The van der Waals surface area contributed by atoms with Gasteiger partial charge in [0.2, 0.25) is 0 Å². The molecule has 0 spiro atoms. The van der Waals surface area contributed by atoms with Crippen molar-refractivity contribution in [2.24, 2.45) is 0 Å². The second-order valence-electron chi connectivity index (χ2n) is 5.53. The molecule has 0 unspecified atom stereocenters. The third-order valence-electron chi connectivity index (χ3n) is 3.68. The Morgan fingerprint density at radius 2 is 2.30 bits per heavy atom. The number of nitrogens with zero attached hydrogens (tertiary/aromatic N) is 2. The summed E-state index contributed by atoms with van der Waals surface area (Å²) in [6, 6.07) is 2.26. The maximum Gasteiger partial charge on any atom is 0.186 e. The summed E-state index contributed by atoms with van der Waals surface area (Å²) in [5.41, 5.74) is 2.74. The van der Waals surface area contributed by atoms with Crippen molar-refractivity contribution < 1.29 is 0 Å². The van der Waals surface area contributed by atoms with Crippen LogP contribution in [-0.4, -0.2) is 18.6 Å². The third kappa shape index (κ3) is 2.62. The van der Waals surface area contributed by atoms with Crippen LogP contribution in [0.3, 0.4) is 0 Å². The number of hydrogen-bond acceptors (Lipinski definition) is 5.